The predicted molar refractivity (Wildman–Crippen MR) is 98.7 cm³/mol. The van der Waals surface area contributed by atoms with E-state index in [1.165, 1.54) is 13.2 Å². The second-order valence-electron chi connectivity index (χ2n) is 6.03. The van der Waals surface area contributed by atoms with Gasteiger partial charge in [-0.2, -0.15) is 0 Å². The van der Waals surface area contributed by atoms with Crippen LogP contribution in [0.2, 0.25) is 0 Å². The minimum atomic E-state index is -0.412. The Morgan fingerprint density at radius 2 is 2.08 bits per heavy atom. The summed E-state index contributed by atoms with van der Waals surface area (Å²) in [5, 5.41) is 2.97. The Balaban J connectivity index is 1.89. The SMILES string of the molecule is CCN(CC)C(CNC(=O)CCc1ccc(OC)c(F)c1)c1ccco1. The van der Waals surface area contributed by atoms with E-state index in [9.17, 15) is 9.18 Å². The molecule has 0 aliphatic carbocycles. The van der Waals surface area contributed by atoms with Crippen LogP contribution in [0.15, 0.2) is 41.0 Å². The molecule has 1 aromatic heterocycles. The Morgan fingerprint density at radius 1 is 1.31 bits per heavy atom. The van der Waals surface area contributed by atoms with Gasteiger partial charge in [0.2, 0.25) is 5.91 Å². The average molecular weight is 362 g/mol. The third-order valence-corrected chi connectivity index (χ3v) is 4.47. The molecule has 26 heavy (non-hydrogen) atoms. The zero-order valence-corrected chi connectivity index (χ0v) is 15.6. The van der Waals surface area contributed by atoms with Crippen LogP contribution in [0.4, 0.5) is 4.39 Å². The van der Waals surface area contributed by atoms with Gasteiger partial charge in [-0.15, -0.1) is 0 Å². The number of carbonyl (C=O) groups is 1. The lowest BCUT2D eigenvalue weighted by Crippen LogP contribution is -2.38. The molecule has 0 bridgehead atoms. The maximum Gasteiger partial charge on any atom is 0.220 e. The van der Waals surface area contributed by atoms with E-state index >= 15 is 0 Å². The Hall–Kier alpha value is -2.34. The van der Waals surface area contributed by atoms with E-state index < -0.39 is 5.82 Å². The summed E-state index contributed by atoms with van der Waals surface area (Å²) in [4.78, 5) is 14.5. The highest BCUT2D eigenvalue weighted by Gasteiger charge is 2.21. The molecule has 6 heteroatoms. The molecule has 0 aliphatic rings. The van der Waals surface area contributed by atoms with Crippen molar-refractivity contribution in [3.8, 4) is 5.75 Å². The molecule has 0 fully saturated rings. The highest BCUT2D eigenvalue weighted by molar-refractivity contribution is 5.76. The molecule has 0 saturated carbocycles. The summed E-state index contributed by atoms with van der Waals surface area (Å²) in [7, 11) is 1.43. The van der Waals surface area contributed by atoms with Crippen LogP contribution in [0.5, 0.6) is 5.75 Å². The Kier molecular flexibility index (Phi) is 7.66. The minimum Gasteiger partial charge on any atom is -0.494 e. The van der Waals surface area contributed by atoms with E-state index in [0.717, 1.165) is 24.4 Å². The maximum absolute atomic E-state index is 13.7. The fraction of sp³-hybridized carbons (Fsp3) is 0.450. The Labute approximate surface area is 154 Å². The molecule has 1 amide bonds. The van der Waals surface area contributed by atoms with Crippen molar-refractivity contribution in [2.45, 2.75) is 32.7 Å². The van der Waals surface area contributed by atoms with Crippen LogP contribution in [-0.2, 0) is 11.2 Å². The average Bonchev–Trinajstić information content (AvgIpc) is 3.18. The second-order valence-corrected chi connectivity index (χ2v) is 6.03. The quantitative estimate of drug-likeness (QED) is 0.702. The molecule has 1 atom stereocenters. The van der Waals surface area contributed by atoms with Crippen LogP contribution in [0.1, 0.15) is 37.6 Å². The lowest BCUT2D eigenvalue weighted by molar-refractivity contribution is -0.121. The van der Waals surface area contributed by atoms with E-state index in [-0.39, 0.29) is 17.7 Å². The number of nitrogens with one attached hydrogen (secondary N) is 1. The van der Waals surface area contributed by atoms with Gasteiger partial charge >= 0.3 is 0 Å². The number of aryl methyl sites for hydroxylation is 1. The molecular formula is C20H27FN2O3. The van der Waals surface area contributed by atoms with Gasteiger partial charge in [0.05, 0.1) is 19.4 Å². The fourth-order valence-electron chi connectivity index (χ4n) is 2.98. The van der Waals surface area contributed by atoms with Crippen molar-refractivity contribution in [1.29, 1.82) is 0 Å². The van der Waals surface area contributed by atoms with Gasteiger partial charge in [-0.3, -0.25) is 9.69 Å². The van der Waals surface area contributed by atoms with Crippen LogP contribution in [0.25, 0.3) is 0 Å². The molecule has 0 saturated heterocycles. The van der Waals surface area contributed by atoms with Gasteiger partial charge in [-0.25, -0.2) is 4.39 Å². The molecule has 1 unspecified atom stereocenters. The number of furan rings is 1. The van der Waals surface area contributed by atoms with Crippen molar-refractivity contribution in [1.82, 2.24) is 10.2 Å². The highest BCUT2D eigenvalue weighted by Crippen LogP contribution is 2.21. The van der Waals surface area contributed by atoms with Gasteiger partial charge in [-0.1, -0.05) is 19.9 Å². The molecule has 1 heterocycles. The topological polar surface area (TPSA) is 54.7 Å². The molecule has 0 spiro atoms. The molecule has 0 radical (unpaired) electrons. The molecule has 1 aromatic carbocycles. The van der Waals surface area contributed by atoms with Crippen LogP contribution in [0.3, 0.4) is 0 Å². The summed E-state index contributed by atoms with van der Waals surface area (Å²) in [5.74, 6) is 0.569. The Morgan fingerprint density at radius 3 is 2.65 bits per heavy atom. The summed E-state index contributed by atoms with van der Waals surface area (Å²) in [6.45, 7) is 6.37. The van der Waals surface area contributed by atoms with Gasteiger partial charge < -0.3 is 14.5 Å². The zero-order valence-electron chi connectivity index (χ0n) is 15.6. The number of benzene rings is 1. The highest BCUT2D eigenvalue weighted by atomic mass is 19.1. The Bertz CT molecular complexity index is 684. The standard InChI is InChI=1S/C20H27FN2O3/c1-4-23(5-2)17(19-7-6-12-26-19)14-22-20(24)11-9-15-8-10-18(25-3)16(21)13-15/h6-8,10,12-13,17H,4-5,9,11,14H2,1-3H3,(H,22,24). The molecule has 2 aromatic rings. The third kappa shape index (κ3) is 5.33. The van der Waals surface area contributed by atoms with Gasteiger partial charge in [0, 0.05) is 13.0 Å². The number of amides is 1. The second kappa shape index (κ2) is 9.97. The molecule has 2 rings (SSSR count). The number of halogens is 1. The number of hydrogen-bond donors (Lipinski definition) is 1. The van der Waals surface area contributed by atoms with Crippen molar-refractivity contribution in [3.05, 3.63) is 53.7 Å². The molecule has 5 nitrogen and oxygen atoms in total. The summed E-state index contributed by atoms with van der Waals surface area (Å²) in [5.41, 5.74) is 0.768. The number of carbonyl (C=O) groups excluding carboxylic acids is 1. The molecule has 0 aliphatic heterocycles. The van der Waals surface area contributed by atoms with Gasteiger partial charge in [0.15, 0.2) is 11.6 Å². The monoisotopic (exact) mass is 362 g/mol. The van der Waals surface area contributed by atoms with Gasteiger partial charge in [0.25, 0.3) is 0 Å². The first-order valence-corrected chi connectivity index (χ1v) is 8.95. The van der Waals surface area contributed by atoms with E-state index in [1.807, 2.05) is 12.1 Å². The van der Waals surface area contributed by atoms with Crippen molar-refractivity contribution < 1.29 is 18.3 Å². The number of rotatable bonds is 10. The first-order chi connectivity index (χ1) is 12.6. The molecule has 142 valence electrons. The minimum absolute atomic E-state index is 0.00220. The number of methoxy groups -OCH3 is 1. The lowest BCUT2D eigenvalue weighted by Gasteiger charge is -2.28. The van der Waals surface area contributed by atoms with Crippen molar-refractivity contribution in [2.24, 2.45) is 0 Å². The van der Waals surface area contributed by atoms with Crippen LogP contribution in [0, 0.1) is 5.82 Å². The summed E-state index contributed by atoms with van der Waals surface area (Å²) < 4.78 is 24.1. The van der Waals surface area contributed by atoms with Gasteiger partial charge in [-0.05, 0) is 49.3 Å². The maximum atomic E-state index is 13.7. The predicted octanol–water partition coefficient (Wildman–Crippen LogP) is 3.56. The van der Waals surface area contributed by atoms with E-state index in [2.05, 4.69) is 24.1 Å². The molecule has 1 N–H and O–H groups in total. The first-order valence-electron chi connectivity index (χ1n) is 8.95. The summed E-state index contributed by atoms with van der Waals surface area (Å²) in [6.07, 6.45) is 2.42. The first kappa shape index (κ1) is 20.0. The normalized spacial score (nSPS) is 12.2. The third-order valence-electron chi connectivity index (χ3n) is 4.47. The van der Waals surface area contributed by atoms with Crippen molar-refractivity contribution in [3.63, 3.8) is 0 Å². The van der Waals surface area contributed by atoms with Crippen LogP contribution in [-0.4, -0.2) is 37.6 Å². The lowest BCUT2D eigenvalue weighted by atomic mass is 10.1. The van der Waals surface area contributed by atoms with Crippen LogP contribution >= 0.6 is 0 Å². The summed E-state index contributed by atoms with van der Waals surface area (Å²) in [6, 6.07) is 8.55. The van der Waals surface area contributed by atoms with Crippen molar-refractivity contribution in [2.75, 3.05) is 26.7 Å². The van der Waals surface area contributed by atoms with Gasteiger partial charge in [0.1, 0.15) is 5.76 Å². The van der Waals surface area contributed by atoms with E-state index in [0.29, 0.717) is 19.4 Å². The zero-order chi connectivity index (χ0) is 18.9. The largest absolute Gasteiger partial charge is 0.494 e. The molecular weight excluding hydrogens is 335 g/mol. The van der Waals surface area contributed by atoms with Crippen LogP contribution < -0.4 is 10.1 Å². The summed E-state index contributed by atoms with van der Waals surface area (Å²) >= 11 is 0. The van der Waals surface area contributed by atoms with E-state index in [1.54, 1.807) is 18.4 Å². The fourth-order valence-corrected chi connectivity index (χ4v) is 2.98. The van der Waals surface area contributed by atoms with E-state index in [4.69, 9.17) is 9.15 Å². The number of nitrogens with zero attached hydrogens (tertiary/aromatic N) is 1. The number of ether oxygens (including phenoxy) is 1. The van der Waals surface area contributed by atoms with Crippen molar-refractivity contribution >= 4 is 5.91 Å². The number of likely N-dealkylation sites (N-methyl/N-ethyl adjacent to an activating group) is 1. The number of hydrogen-bond acceptors (Lipinski definition) is 4. The smallest absolute Gasteiger partial charge is 0.220 e.